The number of para-hydroxylation sites is 2. The van der Waals surface area contributed by atoms with Crippen LogP contribution in [0, 0.1) is 0 Å². The van der Waals surface area contributed by atoms with E-state index in [2.05, 4.69) is 22.8 Å². The molecular weight excluding hydrogens is 439 g/mol. The van der Waals surface area contributed by atoms with E-state index < -0.39 is 5.91 Å². The Morgan fingerprint density at radius 3 is 2.47 bits per heavy atom. The van der Waals surface area contributed by atoms with Gasteiger partial charge in [-0.1, -0.05) is 65.7 Å². The van der Waals surface area contributed by atoms with Crippen LogP contribution in [0.5, 0.6) is 5.75 Å². The van der Waals surface area contributed by atoms with Crippen molar-refractivity contribution in [2.75, 3.05) is 11.9 Å². The van der Waals surface area contributed by atoms with Crippen molar-refractivity contribution in [1.82, 2.24) is 5.32 Å². The van der Waals surface area contributed by atoms with E-state index in [1.165, 1.54) is 11.6 Å². The summed E-state index contributed by atoms with van der Waals surface area (Å²) in [6.07, 6.45) is 1.82. The van der Waals surface area contributed by atoms with Gasteiger partial charge in [0, 0.05) is 5.02 Å². The minimum absolute atomic E-state index is 0.145. The van der Waals surface area contributed by atoms with Crippen molar-refractivity contribution in [1.29, 1.82) is 0 Å². The quantitative estimate of drug-likeness (QED) is 0.330. The topological polar surface area (TPSA) is 50.4 Å². The zero-order valence-electron chi connectivity index (χ0n) is 16.0. The van der Waals surface area contributed by atoms with Gasteiger partial charge < -0.3 is 10.1 Å². The molecule has 0 atom stereocenters. The molecule has 0 aliphatic carbocycles. The molecule has 154 valence electrons. The number of rotatable bonds is 7. The summed E-state index contributed by atoms with van der Waals surface area (Å²) in [4.78, 5) is 12.4. The SMILES string of the molecule is O=C(NC(=S)Nc1ccccc1OCCCc1ccccc1)c1ccc(Cl)cc1Cl. The fraction of sp³-hybridized carbons (Fsp3) is 0.130. The Balaban J connectivity index is 1.54. The highest BCUT2D eigenvalue weighted by Gasteiger charge is 2.13. The molecule has 2 N–H and O–H groups in total. The average molecular weight is 459 g/mol. The highest BCUT2D eigenvalue weighted by Crippen LogP contribution is 2.24. The lowest BCUT2D eigenvalue weighted by atomic mass is 10.1. The van der Waals surface area contributed by atoms with Gasteiger partial charge in [0.2, 0.25) is 0 Å². The Morgan fingerprint density at radius 2 is 1.70 bits per heavy atom. The molecule has 3 rings (SSSR count). The molecule has 4 nitrogen and oxygen atoms in total. The number of anilines is 1. The van der Waals surface area contributed by atoms with E-state index in [0.29, 0.717) is 23.1 Å². The number of carbonyl (C=O) groups is 1. The molecule has 7 heteroatoms. The molecule has 0 radical (unpaired) electrons. The predicted octanol–water partition coefficient (Wildman–Crippen LogP) is 6.13. The van der Waals surface area contributed by atoms with Gasteiger partial charge in [-0.3, -0.25) is 10.1 Å². The van der Waals surface area contributed by atoms with Gasteiger partial charge in [-0.2, -0.15) is 0 Å². The van der Waals surface area contributed by atoms with Crippen LogP contribution in [0.1, 0.15) is 22.3 Å². The lowest BCUT2D eigenvalue weighted by Gasteiger charge is -2.14. The molecule has 3 aromatic rings. The first-order chi connectivity index (χ1) is 14.5. The maximum Gasteiger partial charge on any atom is 0.258 e. The summed E-state index contributed by atoms with van der Waals surface area (Å²) in [5.41, 5.74) is 2.23. The Morgan fingerprint density at radius 1 is 0.967 bits per heavy atom. The fourth-order valence-electron chi connectivity index (χ4n) is 2.80. The molecule has 0 fully saturated rings. The van der Waals surface area contributed by atoms with Gasteiger partial charge in [0.1, 0.15) is 5.75 Å². The van der Waals surface area contributed by atoms with Crippen molar-refractivity contribution >= 4 is 52.1 Å². The molecule has 30 heavy (non-hydrogen) atoms. The molecule has 3 aromatic carbocycles. The molecule has 0 unspecified atom stereocenters. The predicted molar refractivity (Wildman–Crippen MR) is 127 cm³/mol. The normalized spacial score (nSPS) is 10.3. The van der Waals surface area contributed by atoms with Gasteiger partial charge >= 0.3 is 0 Å². The number of hydrogen-bond acceptors (Lipinski definition) is 3. The van der Waals surface area contributed by atoms with Crippen LogP contribution < -0.4 is 15.4 Å². The lowest BCUT2D eigenvalue weighted by Crippen LogP contribution is -2.34. The molecule has 0 aromatic heterocycles. The van der Waals surface area contributed by atoms with Crippen molar-refractivity contribution in [3.05, 3.63) is 94.0 Å². The summed E-state index contributed by atoms with van der Waals surface area (Å²) in [5.74, 6) is 0.238. The minimum Gasteiger partial charge on any atom is -0.491 e. The second kappa shape index (κ2) is 11.0. The Hall–Kier alpha value is -2.60. The molecule has 0 aliphatic heterocycles. The van der Waals surface area contributed by atoms with Crippen LogP contribution in [0.2, 0.25) is 10.0 Å². The highest BCUT2D eigenvalue weighted by atomic mass is 35.5. The van der Waals surface area contributed by atoms with Gasteiger partial charge in [-0.25, -0.2) is 0 Å². The van der Waals surface area contributed by atoms with Gasteiger partial charge in [-0.15, -0.1) is 0 Å². The Kier molecular flexibility index (Phi) is 8.08. The number of benzene rings is 3. The minimum atomic E-state index is -0.421. The zero-order chi connectivity index (χ0) is 21.3. The first-order valence-corrected chi connectivity index (χ1v) is 10.5. The largest absolute Gasteiger partial charge is 0.491 e. The third-order valence-electron chi connectivity index (χ3n) is 4.25. The van der Waals surface area contributed by atoms with Crippen LogP contribution in [0.4, 0.5) is 5.69 Å². The van der Waals surface area contributed by atoms with Crippen LogP contribution in [-0.4, -0.2) is 17.6 Å². The standard InChI is InChI=1S/C23H20Cl2N2O2S/c24-17-12-13-18(19(25)15-17)22(28)27-23(30)26-20-10-4-5-11-21(20)29-14-6-9-16-7-2-1-3-8-16/h1-5,7-8,10-13,15H,6,9,14H2,(H2,26,27,28,30). The maximum atomic E-state index is 12.4. The molecule has 0 saturated carbocycles. The summed E-state index contributed by atoms with van der Waals surface area (Å²) >= 11 is 17.2. The highest BCUT2D eigenvalue weighted by molar-refractivity contribution is 7.80. The number of halogens is 2. The van der Waals surface area contributed by atoms with E-state index in [4.69, 9.17) is 40.2 Å². The molecule has 0 bridgehead atoms. The van der Waals surface area contributed by atoms with Gasteiger partial charge in [-0.05, 0) is 61.0 Å². The van der Waals surface area contributed by atoms with E-state index in [1.807, 2.05) is 42.5 Å². The number of aryl methyl sites for hydroxylation is 1. The molecule has 0 heterocycles. The van der Waals surface area contributed by atoms with Gasteiger partial charge in [0.05, 0.1) is 22.9 Å². The lowest BCUT2D eigenvalue weighted by molar-refractivity contribution is 0.0978. The van der Waals surface area contributed by atoms with Crippen LogP contribution in [-0.2, 0) is 6.42 Å². The number of nitrogens with one attached hydrogen (secondary N) is 2. The molecule has 0 saturated heterocycles. The third kappa shape index (κ3) is 6.46. The van der Waals surface area contributed by atoms with Crippen molar-refractivity contribution in [3.8, 4) is 5.75 Å². The van der Waals surface area contributed by atoms with E-state index in [1.54, 1.807) is 12.1 Å². The van der Waals surface area contributed by atoms with Crippen molar-refractivity contribution in [3.63, 3.8) is 0 Å². The van der Waals surface area contributed by atoms with Crippen molar-refractivity contribution < 1.29 is 9.53 Å². The molecule has 0 aliphatic rings. The monoisotopic (exact) mass is 458 g/mol. The molecule has 1 amide bonds. The summed E-state index contributed by atoms with van der Waals surface area (Å²) in [6.45, 7) is 0.563. The van der Waals surface area contributed by atoms with Crippen LogP contribution in [0.25, 0.3) is 0 Å². The number of amides is 1. The second-order valence-corrected chi connectivity index (χ2v) is 7.72. The first kappa shape index (κ1) is 22.1. The Labute approximate surface area is 191 Å². The van der Waals surface area contributed by atoms with Crippen molar-refractivity contribution in [2.24, 2.45) is 0 Å². The third-order valence-corrected chi connectivity index (χ3v) is 5.00. The second-order valence-electron chi connectivity index (χ2n) is 6.47. The van der Waals surface area contributed by atoms with Crippen molar-refractivity contribution in [2.45, 2.75) is 12.8 Å². The molecule has 0 spiro atoms. The van der Waals surface area contributed by atoms with Gasteiger partial charge in [0.15, 0.2) is 5.11 Å². The average Bonchev–Trinajstić information content (AvgIpc) is 2.73. The number of carbonyl (C=O) groups excluding carboxylic acids is 1. The van der Waals surface area contributed by atoms with E-state index in [9.17, 15) is 4.79 Å². The smallest absolute Gasteiger partial charge is 0.258 e. The summed E-state index contributed by atoms with van der Waals surface area (Å²) in [7, 11) is 0. The zero-order valence-corrected chi connectivity index (χ0v) is 18.4. The van der Waals surface area contributed by atoms with Gasteiger partial charge in [0.25, 0.3) is 5.91 Å². The van der Waals surface area contributed by atoms with Crippen LogP contribution in [0.15, 0.2) is 72.8 Å². The Bertz CT molecular complexity index is 1030. The van der Waals surface area contributed by atoms with Crippen LogP contribution in [0.3, 0.4) is 0 Å². The number of ether oxygens (including phenoxy) is 1. The number of thiocarbonyl (C=S) groups is 1. The van der Waals surface area contributed by atoms with E-state index in [0.717, 1.165) is 12.8 Å². The summed E-state index contributed by atoms with van der Waals surface area (Å²) in [6, 6.07) is 22.3. The number of hydrogen-bond donors (Lipinski definition) is 2. The van der Waals surface area contributed by atoms with E-state index >= 15 is 0 Å². The first-order valence-electron chi connectivity index (χ1n) is 9.36. The molecular formula is C23H20Cl2N2O2S. The summed E-state index contributed by atoms with van der Waals surface area (Å²) < 4.78 is 5.91. The summed E-state index contributed by atoms with van der Waals surface area (Å²) in [5, 5.41) is 6.48. The maximum absolute atomic E-state index is 12.4. The fourth-order valence-corrected chi connectivity index (χ4v) is 3.49. The van der Waals surface area contributed by atoms with E-state index in [-0.39, 0.29) is 15.7 Å². The van der Waals surface area contributed by atoms with Crippen LogP contribution >= 0.6 is 35.4 Å².